The van der Waals surface area contributed by atoms with E-state index in [4.69, 9.17) is 0 Å². The molecule has 1 atom stereocenters. The largest absolute Gasteiger partial charge is 0.369 e. The number of benzene rings is 1. The molecule has 0 radical (unpaired) electrons. The Kier molecular flexibility index (Phi) is 5.06. The second kappa shape index (κ2) is 6.79. The topological polar surface area (TPSA) is 15.3 Å². The van der Waals surface area contributed by atoms with Crippen LogP contribution in [-0.4, -0.2) is 25.7 Å². The summed E-state index contributed by atoms with van der Waals surface area (Å²) in [5, 5.41) is 3.69. The van der Waals surface area contributed by atoms with Crippen LogP contribution in [0.5, 0.6) is 0 Å². The van der Waals surface area contributed by atoms with E-state index < -0.39 is 0 Å². The zero-order valence-electron chi connectivity index (χ0n) is 11.8. The summed E-state index contributed by atoms with van der Waals surface area (Å²) in [6.45, 7) is 8.00. The van der Waals surface area contributed by atoms with Gasteiger partial charge in [0, 0.05) is 24.8 Å². The van der Waals surface area contributed by atoms with Crippen molar-refractivity contribution < 1.29 is 0 Å². The van der Waals surface area contributed by atoms with Gasteiger partial charge in [-0.15, -0.1) is 0 Å². The Balaban J connectivity index is 1.95. The second-order valence-corrected chi connectivity index (χ2v) is 5.26. The van der Waals surface area contributed by atoms with Crippen LogP contribution in [0.1, 0.15) is 38.7 Å². The van der Waals surface area contributed by atoms with Gasteiger partial charge in [-0.2, -0.15) is 0 Å². The minimum Gasteiger partial charge on any atom is -0.369 e. The number of nitrogens with zero attached hydrogens (tertiary/aromatic N) is 1. The fourth-order valence-electron chi connectivity index (χ4n) is 2.82. The minimum absolute atomic E-state index is 0.640. The average molecular weight is 246 g/mol. The molecular formula is C16H26N2. The summed E-state index contributed by atoms with van der Waals surface area (Å²) in [5.41, 5.74) is 2.97. The van der Waals surface area contributed by atoms with Crippen molar-refractivity contribution in [3.8, 4) is 0 Å². The summed E-state index contributed by atoms with van der Waals surface area (Å²) in [7, 11) is 0. The van der Waals surface area contributed by atoms with Crippen LogP contribution in [0, 0.1) is 0 Å². The highest BCUT2D eigenvalue weighted by molar-refractivity contribution is 5.57. The standard InChI is InChI=1S/C16H26N2/c1-3-7-15(17-11-4-2)13-18-12-10-14-8-5-6-9-16(14)18/h5-6,8-9,15,17H,3-4,7,10-13H2,1-2H3. The Labute approximate surface area is 111 Å². The van der Waals surface area contributed by atoms with Gasteiger partial charge in [-0.1, -0.05) is 38.5 Å². The first-order chi connectivity index (χ1) is 8.85. The predicted octanol–water partition coefficient (Wildman–Crippen LogP) is 3.22. The number of hydrogen-bond acceptors (Lipinski definition) is 2. The Hall–Kier alpha value is -1.02. The smallest absolute Gasteiger partial charge is 0.0400 e. The van der Waals surface area contributed by atoms with Gasteiger partial charge in [0.05, 0.1) is 0 Å². The molecule has 2 rings (SSSR count). The first-order valence-corrected chi connectivity index (χ1v) is 7.41. The Bertz CT molecular complexity index is 362. The molecule has 1 unspecified atom stereocenters. The molecule has 0 amide bonds. The van der Waals surface area contributed by atoms with Crippen molar-refractivity contribution in [2.75, 3.05) is 24.5 Å². The van der Waals surface area contributed by atoms with Crippen LogP contribution >= 0.6 is 0 Å². The van der Waals surface area contributed by atoms with Crippen LogP contribution in [0.15, 0.2) is 24.3 Å². The monoisotopic (exact) mass is 246 g/mol. The first kappa shape index (κ1) is 13.4. The lowest BCUT2D eigenvalue weighted by atomic mass is 10.1. The summed E-state index contributed by atoms with van der Waals surface area (Å²) < 4.78 is 0. The molecule has 0 saturated carbocycles. The summed E-state index contributed by atoms with van der Waals surface area (Å²) in [6, 6.07) is 9.49. The van der Waals surface area contributed by atoms with E-state index in [1.54, 1.807) is 0 Å². The molecule has 1 aliphatic rings. The lowest BCUT2D eigenvalue weighted by molar-refractivity contribution is 0.472. The van der Waals surface area contributed by atoms with E-state index in [0.717, 1.165) is 13.1 Å². The van der Waals surface area contributed by atoms with Crippen molar-refractivity contribution in [1.29, 1.82) is 0 Å². The predicted molar refractivity (Wildman–Crippen MR) is 79.3 cm³/mol. The van der Waals surface area contributed by atoms with Crippen molar-refractivity contribution in [2.24, 2.45) is 0 Å². The third kappa shape index (κ3) is 3.26. The molecule has 2 heteroatoms. The zero-order chi connectivity index (χ0) is 12.8. The van der Waals surface area contributed by atoms with Gasteiger partial charge in [0.15, 0.2) is 0 Å². The van der Waals surface area contributed by atoms with Gasteiger partial charge >= 0.3 is 0 Å². The van der Waals surface area contributed by atoms with E-state index >= 15 is 0 Å². The molecule has 1 aromatic carbocycles. The molecule has 1 aliphatic heterocycles. The fraction of sp³-hybridized carbons (Fsp3) is 0.625. The van der Waals surface area contributed by atoms with Gasteiger partial charge in [-0.05, 0) is 37.4 Å². The fourth-order valence-corrected chi connectivity index (χ4v) is 2.82. The Morgan fingerprint density at radius 1 is 1.22 bits per heavy atom. The summed E-state index contributed by atoms with van der Waals surface area (Å²) in [5.74, 6) is 0. The maximum atomic E-state index is 3.69. The molecule has 1 N–H and O–H groups in total. The maximum Gasteiger partial charge on any atom is 0.0400 e. The maximum absolute atomic E-state index is 3.69. The van der Waals surface area contributed by atoms with E-state index in [2.05, 4.69) is 48.3 Å². The van der Waals surface area contributed by atoms with E-state index in [-0.39, 0.29) is 0 Å². The molecule has 0 aromatic heterocycles. The number of rotatable bonds is 7. The quantitative estimate of drug-likeness (QED) is 0.794. The Morgan fingerprint density at radius 2 is 2.06 bits per heavy atom. The number of nitrogens with one attached hydrogen (secondary N) is 1. The van der Waals surface area contributed by atoms with Gasteiger partial charge in [0.1, 0.15) is 0 Å². The highest BCUT2D eigenvalue weighted by Crippen LogP contribution is 2.27. The third-order valence-electron chi connectivity index (χ3n) is 3.74. The average Bonchev–Trinajstić information content (AvgIpc) is 2.80. The molecule has 1 aromatic rings. The molecule has 0 saturated heterocycles. The molecular weight excluding hydrogens is 220 g/mol. The molecule has 0 spiro atoms. The molecule has 1 heterocycles. The highest BCUT2D eigenvalue weighted by atomic mass is 15.2. The van der Waals surface area contributed by atoms with Gasteiger partial charge in [-0.25, -0.2) is 0 Å². The molecule has 0 aliphatic carbocycles. The van der Waals surface area contributed by atoms with E-state index in [1.807, 2.05) is 0 Å². The normalized spacial score (nSPS) is 15.8. The summed E-state index contributed by atoms with van der Waals surface area (Å²) in [6.07, 6.45) is 4.97. The number of hydrogen-bond donors (Lipinski definition) is 1. The number of anilines is 1. The lowest BCUT2D eigenvalue weighted by Gasteiger charge is -2.26. The van der Waals surface area contributed by atoms with E-state index in [1.165, 1.54) is 43.5 Å². The van der Waals surface area contributed by atoms with Crippen LogP contribution in [0.4, 0.5) is 5.69 Å². The first-order valence-electron chi connectivity index (χ1n) is 7.41. The molecule has 2 nitrogen and oxygen atoms in total. The van der Waals surface area contributed by atoms with Gasteiger partial charge in [0.2, 0.25) is 0 Å². The van der Waals surface area contributed by atoms with Crippen molar-refractivity contribution in [1.82, 2.24) is 5.32 Å². The lowest BCUT2D eigenvalue weighted by Crippen LogP contribution is -2.40. The Morgan fingerprint density at radius 3 is 2.83 bits per heavy atom. The van der Waals surface area contributed by atoms with Crippen LogP contribution in [-0.2, 0) is 6.42 Å². The number of fused-ring (bicyclic) bond motifs is 1. The summed E-state index contributed by atoms with van der Waals surface area (Å²) in [4.78, 5) is 2.55. The van der Waals surface area contributed by atoms with Crippen molar-refractivity contribution in [3.63, 3.8) is 0 Å². The van der Waals surface area contributed by atoms with Crippen molar-refractivity contribution >= 4 is 5.69 Å². The zero-order valence-corrected chi connectivity index (χ0v) is 11.8. The van der Waals surface area contributed by atoms with Crippen molar-refractivity contribution in [2.45, 2.75) is 45.6 Å². The van der Waals surface area contributed by atoms with Gasteiger partial charge < -0.3 is 10.2 Å². The van der Waals surface area contributed by atoms with Crippen LogP contribution in [0.3, 0.4) is 0 Å². The van der Waals surface area contributed by atoms with Gasteiger partial charge in [0.25, 0.3) is 0 Å². The SMILES string of the molecule is CCCNC(CCC)CN1CCc2ccccc21. The van der Waals surface area contributed by atoms with E-state index in [9.17, 15) is 0 Å². The van der Waals surface area contributed by atoms with Crippen LogP contribution in [0.2, 0.25) is 0 Å². The molecule has 18 heavy (non-hydrogen) atoms. The van der Waals surface area contributed by atoms with Gasteiger partial charge in [-0.3, -0.25) is 0 Å². The molecule has 0 bridgehead atoms. The summed E-state index contributed by atoms with van der Waals surface area (Å²) >= 11 is 0. The molecule has 0 fully saturated rings. The third-order valence-corrected chi connectivity index (χ3v) is 3.74. The van der Waals surface area contributed by atoms with E-state index in [0.29, 0.717) is 6.04 Å². The highest BCUT2D eigenvalue weighted by Gasteiger charge is 2.20. The van der Waals surface area contributed by atoms with Crippen LogP contribution in [0.25, 0.3) is 0 Å². The van der Waals surface area contributed by atoms with Crippen LogP contribution < -0.4 is 10.2 Å². The second-order valence-electron chi connectivity index (χ2n) is 5.26. The number of para-hydroxylation sites is 1. The minimum atomic E-state index is 0.640. The van der Waals surface area contributed by atoms with Crippen molar-refractivity contribution in [3.05, 3.63) is 29.8 Å². The molecule has 100 valence electrons.